The van der Waals surface area contributed by atoms with Crippen molar-refractivity contribution < 1.29 is 13.2 Å². The van der Waals surface area contributed by atoms with Gasteiger partial charge in [0.05, 0.1) is 6.20 Å². The average Bonchev–Trinajstić information content (AvgIpc) is 3.40. The highest BCUT2D eigenvalue weighted by atomic mass is 32.2. The summed E-state index contributed by atoms with van der Waals surface area (Å²) in [5.74, 6) is 1.22. The van der Waals surface area contributed by atoms with Crippen molar-refractivity contribution in [2.45, 2.75) is 11.1 Å². The number of nitrogens with one attached hydrogen (secondary N) is 1. The first-order valence-electron chi connectivity index (χ1n) is 8.87. The predicted octanol–water partition coefficient (Wildman–Crippen LogP) is 1.19. The smallest absolute Gasteiger partial charge is 0.254 e. The summed E-state index contributed by atoms with van der Waals surface area (Å²) in [4.78, 5) is 25.7. The molecule has 4 heterocycles. The molecule has 1 saturated heterocycles. The zero-order valence-corrected chi connectivity index (χ0v) is 17.2. The van der Waals surface area contributed by atoms with E-state index >= 15 is 0 Å². The van der Waals surface area contributed by atoms with E-state index < -0.39 is 10.0 Å². The van der Waals surface area contributed by atoms with Crippen LogP contribution in [0.5, 0.6) is 0 Å². The van der Waals surface area contributed by atoms with Gasteiger partial charge in [0.1, 0.15) is 18.0 Å². The van der Waals surface area contributed by atoms with E-state index in [-0.39, 0.29) is 15.2 Å². The standard InChI is InChI=1S/C17H19N7O3S2/c1-13(25)21-17-18-11-16(28-17)29(26,27)24-8-6-23(7-9-24)15-10-14(19-12-20-15)22-4-2-3-5-22/h2-5,10-12H,6-9H2,1H3,(H,18,21,25). The summed E-state index contributed by atoms with van der Waals surface area (Å²) in [6.45, 7) is 3.04. The van der Waals surface area contributed by atoms with Crippen LogP contribution in [0.25, 0.3) is 5.82 Å². The van der Waals surface area contributed by atoms with Crippen LogP contribution in [0.1, 0.15) is 6.92 Å². The number of hydrogen-bond acceptors (Lipinski definition) is 8. The number of anilines is 2. The highest BCUT2D eigenvalue weighted by Gasteiger charge is 2.30. The summed E-state index contributed by atoms with van der Waals surface area (Å²) in [6.07, 6.45) is 6.60. The van der Waals surface area contributed by atoms with Gasteiger partial charge in [0.15, 0.2) is 9.34 Å². The fourth-order valence-corrected chi connectivity index (χ4v) is 5.67. The predicted molar refractivity (Wildman–Crippen MR) is 109 cm³/mol. The van der Waals surface area contributed by atoms with Crippen LogP contribution in [0.2, 0.25) is 0 Å². The van der Waals surface area contributed by atoms with Crippen molar-refractivity contribution in [3.05, 3.63) is 43.1 Å². The van der Waals surface area contributed by atoms with E-state index in [1.54, 1.807) is 0 Å². The molecule has 0 unspecified atom stereocenters. The fraction of sp³-hybridized carbons (Fsp3) is 0.294. The molecule has 1 aliphatic rings. The minimum Gasteiger partial charge on any atom is -0.354 e. The van der Waals surface area contributed by atoms with Gasteiger partial charge in [0.25, 0.3) is 10.0 Å². The van der Waals surface area contributed by atoms with Gasteiger partial charge in [-0.1, -0.05) is 11.3 Å². The van der Waals surface area contributed by atoms with Gasteiger partial charge in [-0.2, -0.15) is 4.31 Å². The quantitative estimate of drug-likeness (QED) is 0.643. The molecule has 29 heavy (non-hydrogen) atoms. The Bertz CT molecular complexity index is 1100. The maximum Gasteiger partial charge on any atom is 0.254 e. The Morgan fingerprint density at radius 2 is 1.76 bits per heavy atom. The lowest BCUT2D eigenvalue weighted by atomic mass is 10.3. The lowest BCUT2D eigenvalue weighted by molar-refractivity contribution is -0.114. The number of piperazine rings is 1. The first-order valence-corrected chi connectivity index (χ1v) is 11.1. The number of carbonyl (C=O) groups excluding carboxylic acids is 1. The first-order chi connectivity index (χ1) is 13.9. The number of amides is 1. The Morgan fingerprint density at radius 1 is 1.07 bits per heavy atom. The molecule has 1 fully saturated rings. The second-order valence-electron chi connectivity index (χ2n) is 6.38. The van der Waals surface area contributed by atoms with Crippen LogP contribution in [0.15, 0.2) is 47.3 Å². The number of hydrogen-bond donors (Lipinski definition) is 1. The normalized spacial score (nSPS) is 15.4. The third-order valence-corrected chi connectivity index (χ3v) is 7.68. The van der Waals surface area contributed by atoms with Gasteiger partial charge in [-0.05, 0) is 12.1 Å². The van der Waals surface area contributed by atoms with Crippen LogP contribution in [0.3, 0.4) is 0 Å². The van der Waals surface area contributed by atoms with Crippen LogP contribution >= 0.6 is 11.3 Å². The van der Waals surface area contributed by atoms with E-state index in [2.05, 4.69) is 20.3 Å². The Kier molecular flexibility index (Phi) is 5.30. The topological polar surface area (TPSA) is 113 Å². The van der Waals surface area contributed by atoms with E-state index in [9.17, 15) is 13.2 Å². The third kappa shape index (κ3) is 4.13. The van der Waals surface area contributed by atoms with Gasteiger partial charge in [0.2, 0.25) is 5.91 Å². The molecular weight excluding hydrogens is 414 g/mol. The molecule has 152 valence electrons. The Labute approximate surface area is 171 Å². The van der Waals surface area contributed by atoms with Gasteiger partial charge in [-0.25, -0.2) is 23.4 Å². The van der Waals surface area contributed by atoms with Crippen LogP contribution < -0.4 is 10.2 Å². The van der Waals surface area contributed by atoms with Crippen LogP contribution in [-0.4, -0.2) is 64.3 Å². The molecule has 0 atom stereocenters. The van der Waals surface area contributed by atoms with E-state index in [0.29, 0.717) is 26.2 Å². The maximum atomic E-state index is 12.9. The highest BCUT2D eigenvalue weighted by molar-refractivity contribution is 7.91. The summed E-state index contributed by atoms with van der Waals surface area (Å²) in [5, 5.41) is 2.78. The first kappa shape index (κ1) is 19.5. The summed E-state index contributed by atoms with van der Waals surface area (Å²) in [6, 6.07) is 5.72. The van der Waals surface area contributed by atoms with Crippen molar-refractivity contribution in [1.29, 1.82) is 0 Å². The zero-order chi connectivity index (χ0) is 20.4. The van der Waals surface area contributed by atoms with E-state index in [1.807, 2.05) is 40.1 Å². The Balaban J connectivity index is 1.45. The van der Waals surface area contributed by atoms with E-state index in [1.165, 1.54) is 23.8 Å². The number of thiazole rings is 1. The molecular formula is C17H19N7O3S2. The summed E-state index contributed by atoms with van der Waals surface area (Å²) < 4.78 is 29.2. The van der Waals surface area contributed by atoms with Gasteiger partial charge >= 0.3 is 0 Å². The van der Waals surface area contributed by atoms with Gasteiger partial charge in [0, 0.05) is 51.6 Å². The van der Waals surface area contributed by atoms with Crippen LogP contribution in [0.4, 0.5) is 10.9 Å². The molecule has 12 heteroatoms. The van der Waals surface area contributed by atoms with Gasteiger partial charge in [-0.15, -0.1) is 0 Å². The molecule has 1 aliphatic heterocycles. The number of rotatable bonds is 5. The van der Waals surface area contributed by atoms with Crippen LogP contribution in [-0.2, 0) is 14.8 Å². The molecule has 0 saturated carbocycles. The molecule has 1 amide bonds. The molecule has 10 nitrogen and oxygen atoms in total. The number of aromatic nitrogens is 4. The summed E-state index contributed by atoms with van der Waals surface area (Å²) >= 11 is 0.950. The largest absolute Gasteiger partial charge is 0.354 e. The minimum atomic E-state index is -3.65. The molecule has 4 rings (SSSR count). The minimum absolute atomic E-state index is 0.117. The molecule has 3 aromatic rings. The maximum absolute atomic E-state index is 12.9. The number of carbonyl (C=O) groups is 1. The molecule has 3 aromatic heterocycles. The van der Waals surface area contributed by atoms with Gasteiger partial charge < -0.3 is 14.8 Å². The van der Waals surface area contributed by atoms with Gasteiger partial charge in [-0.3, -0.25) is 4.79 Å². The molecule has 0 aliphatic carbocycles. The fourth-order valence-electron chi connectivity index (χ4n) is 3.01. The van der Waals surface area contributed by atoms with E-state index in [0.717, 1.165) is 23.0 Å². The summed E-state index contributed by atoms with van der Waals surface area (Å²) in [7, 11) is -3.65. The molecule has 0 spiro atoms. The monoisotopic (exact) mass is 433 g/mol. The van der Waals surface area contributed by atoms with Crippen molar-refractivity contribution in [3.8, 4) is 5.82 Å². The average molecular weight is 434 g/mol. The molecule has 0 aromatic carbocycles. The molecule has 0 radical (unpaired) electrons. The summed E-state index contributed by atoms with van der Waals surface area (Å²) in [5.41, 5.74) is 0. The second-order valence-corrected chi connectivity index (χ2v) is 9.58. The number of nitrogens with zero attached hydrogens (tertiary/aromatic N) is 6. The van der Waals surface area contributed by atoms with E-state index in [4.69, 9.17) is 0 Å². The Hall–Kier alpha value is -2.83. The lowest BCUT2D eigenvalue weighted by Gasteiger charge is -2.34. The lowest BCUT2D eigenvalue weighted by Crippen LogP contribution is -2.48. The Morgan fingerprint density at radius 3 is 2.45 bits per heavy atom. The second kappa shape index (κ2) is 7.89. The van der Waals surface area contributed by atoms with Crippen molar-refractivity contribution >= 4 is 38.2 Å². The third-order valence-electron chi connectivity index (χ3n) is 4.43. The van der Waals surface area contributed by atoms with Crippen molar-refractivity contribution in [2.75, 3.05) is 36.4 Å². The molecule has 0 bridgehead atoms. The molecule has 1 N–H and O–H groups in total. The number of sulfonamides is 1. The van der Waals surface area contributed by atoms with Crippen molar-refractivity contribution in [3.63, 3.8) is 0 Å². The zero-order valence-electron chi connectivity index (χ0n) is 15.6. The SMILES string of the molecule is CC(=O)Nc1ncc(S(=O)(=O)N2CCN(c3cc(-n4cccc4)ncn3)CC2)s1. The van der Waals surface area contributed by atoms with Crippen LogP contribution in [0, 0.1) is 0 Å². The van der Waals surface area contributed by atoms with Crippen molar-refractivity contribution in [2.24, 2.45) is 0 Å². The highest BCUT2D eigenvalue weighted by Crippen LogP contribution is 2.27. The van der Waals surface area contributed by atoms with Crippen molar-refractivity contribution in [1.82, 2.24) is 23.8 Å².